The van der Waals surface area contributed by atoms with Crippen LogP contribution in [0.5, 0.6) is 0 Å². The summed E-state index contributed by atoms with van der Waals surface area (Å²) in [7, 11) is 1.31. The number of ether oxygens (including phenoxy) is 1. The molecule has 0 saturated heterocycles. The molecule has 0 aromatic heterocycles. The van der Waals surface area contributed by atoms with Gasteiger partial charge in [0, 0.05) is 5.69 Å². The number of hydrogen-bond acceptors (Lipinski definition) is 3. The molecular weight excluding hydrogens is 202 g/mol. The number of halogens is 1. The monoisotopic (exact) mass is 213 g/mol. The van der Waals surface area contributed by atoms with Crippen molar-refractivity contribution in [3.05, 3.63) is 27.8 Å². The number of benzene rings is 1. The van der Waals surface area contributed by atoms with E-state index in [2.05, 4.69) is 4.74 Å². The van der Waals surface area contributed by atoms with Crippen molar-refractivity contribution in [2.24, 2.45) is 0 Å². The smallest absolute Gasteiger partial charge is 0.339 e. The summed E-state index contributed by atoms with van der Waals surface area (Å²) in [5.74, 6) is -0.468. The molecule has 2 N–H and O–H groups in total. The van der Waals surface area contributed by atoms with Crippen LogP contribution in [0.25, 0.3) is 0 Å². The molecule has 1 rings (SSSR count). The van der Waals surface area contributed by atoms with Crippen molar-refractivity contribution in [1.82, 2.24) is 0 Å². The minimum Gasteiger partial charge on any atom is -0.465 e. The first kappa shape index (κ1) is 10.9. The van der Waals surface area contributed by atoms with Gasteiger partial charge in [0.2, 0.25) is 0 Å². The average Bonchev–Trinajstić information content (AvgIpc) is 2.19. The fourth-order valence-corrected chi connectivity index (χ4v) is 1.44. The van der Waals surface area contributed by atoms with Crippen molar-refractivity contribution < 1.29 is 9.53 Å². The molecule has 4 heteroatoms. The number of methoxy groups -OCH3 is 1. The van der Waals surface area contributed by atoms with Gasteiger partial charge in [-0.15, -0.1) is 0 Å². The molecule has 0 heterocycles. The van der Waals surface area contributed by atoms with Gasteiger partial charge >= 0.3 is 5.97 Å². The van der Waals surface area contributed by atoms with Crippen LogP contribution in [0.15, 0.2) is 6.07 Å². The topological polar surface area (TPSA) is 52.3 Å². The maximum Gasteiger partial charge on any atom is 0.339 e. The second-order valence-corrected chi connectivity index (χ2v) is 3.45. The average molecular weight is 214 g/mol. The van der Waals surface area contributed by atoms with Gasteiger partial charge in [0.1, 0.15) is 0 Å². The van der Waals surface area contributed by atoms with Crippen LogP contribution in [-0.4, -0.2) is 13.1 Å². The summed E-state index contributed by atoms with van der Waals surface area (Å²) in [6.45, 7) is 3.68. The Morgan fingerprint density at radius 2 is 2.00 bits per heavy atom. The van der Waals surface area contributed by atoms with E-state index in [0.29, 0.717) is 16.3 Å². The van der Waals surface area contributed by atoms with Gasteiger partial charge < -0.3 is 10.5 Å². The molecule has 1 aromatic carbocycles. The van der Waals surface area contributed by atoms with E-state index in [1.54, 1.807) is 0 Å². The summed E-state index contributed by atoms with van der Waals surface area (Å²) in [4.78, 5) is 11.3. The highest BCUT2D eigenvalue weighted by molar-refractivity contribution is 6.34. The van der Waals surface area contributed by atoms with Crippen LogP contribution in [-0.2, 0) is 4.74 Å². The number of hydrogen-bond donors (Lipinski definition) is 1. The van der Waals surface area contributed by atoms with Gasteiger partial charge in [0.05, 0.1) is 17.7 Å². The van der Waals surface area contributed by atoms with Crippen LogP contribution in [0.3, 0.4) is 0 Å². The fourth-order valence-electron chi connectivity index (χ4n) is 1.17. The Hall–Kier alpha value is -1.22. The van der Waals surface area contributed by atoms with Gasteiger partial charge in [-0.2, -0.15) is 0 Å². The van der Waals surface area contributed by atoms with Crippen LogP contribution in [0.2, 0.25) is 5.02 Å². The zero-order valence-corrected chi connectivity index (χ0v) is 9.11. The molecule has 0 aliphatic heterocycles. The van der Waals surface area contributed by atoms with Crippen LogP contribution in [0.4, 0.5) is 5.69 Å². The molecule has 0 fully saturated rings. The highest BCUT2D eigenvalue weighted by Crippen LogP contribution is 2.28. The quantitative estimate of drug-likeness (QED) is 0.576. The minimum atomic E-state index is -0.468. The summed E-state index contributed by atoms with van der Waals surface area (Å²) in [6.07, 6.45) is 0. The summed E-state index contributed by atoms with van der Waals surface area (Å²) >= 11 is 5.99. The van der Waals surface area contributed by atoms with E-state index in [4.69, 9.17) is 17.3 Å². The molecular formula is C10H12ClNO2. The van der Waals surface area contributed by atoms with Crippen LogP contribution in [0, 0.1) is 13.8 Å². The molecule has 0 spiro atoms. The van der Waals surface area contributed by atoms with Crippen LogP contribution < -0.4 is 5.73 Å². The van der Waals surface area contributed by atoms with E-state index in [1.807, 2.05) is 13.8 Å². The predicted molar refractivity (Wildman–Crippen MR) is 56.7 cm³/mol. The lowest BCUT2D eigenvalue weighted by Gasteiger charge is -2.10. The zero-order valence-electron chi connectivity index (χ0n) is 8.35. The molecule has 1 aromatic rings. The lowest BCUT2D eigenvalue weighted by atomic mass is 10.0. The summed E-state index contributed by atoms with van der Waals surface area (Å²) in [6, 6.07) is 1.54. The van der Waals surface area contributed by atoms with Gasteiger partial charge in [-0.25, -0.2) is 4.79 Å². The molecule has 3 nitrogen and oxygen atoms in total. The van der Waals surface area contributed by atoms with E-state index in [0.717, 1.165) is 11.1 Å². The second-order valence-electron chi connectivity index (χ2n) is 3.07. The molecule has 14 heavy (non-hydrogen) atoms. The first-order valence-corrected chi connectivity index (χ1v) is 4.50. The normalized spacial score (nSPS) is 10.0. The Balaban J connectivity index is 3.40. The highest BCUT2D eigenvalue weighted by atomic mass is 35.5. The molecule has 0 aliphatic rings. The van der Waals surface area contributed by atoms with Crippen molar-refractivity contribution in [1.29, 1.82) is 0 Å². The highest BCUT2D eigenvalue weighted by Gasteiger charge is 2.15. The van der Waals surface area contributed by atoms with Crippen molar-refractivity contribution >= 4 is 23.3 Å². The molecule has 0 radical (unpaired) electrons. The number of esters is 1. The maximum atomic E-state index is 11.3. The number of anilines is 1. The van der Waals surface area contributed by atoms with E-state index in [-0.39, 0.29) is 0 Å². The lowest BCUT2D eigenvalue weighted by molar-refractivity contribution is 0.0601. The molecule has 76 valence electrons. The summed E-state index contributed by atoms with van der Waals surface area (Å²) in [5, 5.41) is 0.406. The van der Waals surface area contributed by atoms with Crippen molar-refractivity contribution in [2.45, 2.75) is 13.8 Å². The number of carbonyl (C=O) groups is 1. The van der Waals surface area contributed by atoms with Crippen molar-refractivity contribution in [3.8, 4) is 0 Å². The SMILES string of the molecule is COC(=O)c1cc(N)c(C)c(C)c1Cl. The third-order valence-corrected chi connectivity index (χ3v) is 2.75. The standard InChI is InChI=1S/C10H12ClNO2/c1-5-6(2)9(11)7(4-8(5)12)10(13)14-3/h4H,12H2,1-3H3. The Morgan fingerprint density at radius 3 is 2.50 bits per heavy atom. The molecule has 0 saturated carbocycles. The van der Waals surface area contributed by atoms with E-state index in [9.17, 15) is 4.79 Å². The minimum absolute atomic E-state index is 0.315. The van der Waals surface area contributed by atoms with E-state index in [1.165, 1.54) is 13.2 Å². The molecule has 0 atom stereocenters. The largest absolute Gasteiger partial charge is 0.465 e. The third-order valence-electron chi connectivity index (χ3n) is 2.27. The Bertz CT molecular complexity index is 388. The van der Waals surface area contributed by atoms with E-state index >= 15 is 0 Å². The Kier molecular flexibility index (Phi) is 3.01. The second kappa shape index (κ2) is 3.88. The summed E-state index contributed by atoms with van der Waals surface area (Å²) < 4.78 is 4.59. The molecule has 0 unspecified atom stereocenters. The molecule has 0 amide bonds. The van der Waals surface area contributed by atoms with Gasteiger partial charge in [-0.1, -0.05) is 11.6 Å². The molecule has 0 aliphatic carbocycles. The first-order valence-electron chi connectivity index (χ1n) is 4.12. The number of rotatable bonds is 1. The van der Waals surface area contributed by atoms with Crippen molar-refractivity contribution in [2.75, 3.05) is 12.8 Å². The van der Waals surface area contributed by atoms with Crippen LogP contribution >= 0.6 is 11.6 Å². The predicted octanol–water partition coefficient (Wildman–Crippen LogP) is 2.33. The Labute approximate surface area is 87.8 Å². The van der Waals surface area contributed by atoms with Gasteiger partial charge in [0.15, 0.2) is 0 Å². The number of nitrogen functional groups attached to an aromatic ring is 1. The summed E-state index contributed by atoms with van der Waals surface area (Å²) in [5.41, 5.74) is 8.28. The first-order chi connectivity index (χ1) is 6.49. The maximum absolute atomic E-state index is 11.3. The van der Waals surface area contributed by atoms with Crippen LogP contribution in [0.1, 0.15) is 21.5 Å². The van der Waals surface area contributed by atoms with Gasteiger partial charge in [-0.3, -0.25) is 0 Å². The van der Waals surface area contributed by atoms with Gasteiger partial charge in [0.25, 0.3) is 0 Å². The zero-order chi connectivity index (χ0) is 10.9. The third kappa shape index (κ3) is 1.68. The number of carbonyl (C=O) groups excluding carboxylic acids is 1. The van der Waals surface area contributed by atoms with E-state index < -0.39 is 5.97 Å². The molecule has 0 bridgehead atoms. The fraction of sp³-hybridized carbons (Fsp3) is 0.300. The van der Waals surface area contributed by atoms with Crippen molar-refractivity contribution in [3.63, 3.8) is 0 Å². The van der Waals surface area contributed by atoms with Gasteiger partial charge in [-0.05, 0) is 31.0 Å². The Morgan fingerprint density at radius 1 is 1.43 bits per heavy atom. The number of nitrogens with two attached hydrogens (primary N) is 1. The lowest BCUT2D eigenvalue weighted by Crippen LogP contribution is -2.06.